The molecule has 0 aromatic carbocycles. The van der Waals surface area contributed by atoms with Gasteiger partial charge in [0.15, 0.2) is 0 Å². The lowest BCUT2D eigenvalue weighted by Crippen LogP contribution is -2.06. The van der Waals surface area contributed by atoms with Gasteiger partial charge in [-0.3, -0.25) is 9.59 Å². The normalized spacial score (nSPS) is 19.7. The molecule has 98 valence electrons. The van der Waals surface area contributed by atoms with Gasteiger partial charge < -0.3 is 4.74 Å². The van der Waals surface area contributed by atoms with E-state index in [4.69, 9.17) is 0 Å². The number of ether oxygens (including phenoxy) is 1. The number of hydrogen-bond donors (Lipinski definition) is 0. The second-order valence-electron chi connectivity index (χ2n) is 4.96. The molecule has 0 saturated carbocycles. The van der Waals surface area contributed by atoms with E-state index in [2.05, 4.69) is 11.7 Å². The van der Waals surface area contributed by atoms with Gasteiger partial charge in [0.2, 0.25) is 0 Å². The SMILES string of the molecule is CCCCCCCCCC[C@@H]1CC(=O)OC1=O. The highest BCUT2D eigenvalue weighted by atomic mass is 16.6. The van der Waals surface area contributed by atoms with Gasteiger partial charge in [0.25, 0.3) is 0 Å². The van der Waals surface area contributed by atoms with Crippen LogP contribution in [0.4, 0.5) is 0 Å². The van der Waals surface area contributed by atoms with Crippen molar-refractivity contribution < 1.29 is 14.3 Å². The van der Waals surface area contributed by atoms with Crippen molar-refractivity contribution in [3.05, 3.63) is 0 Å². The Morgan fingerprint density at radius 2 is 1.59 bits per heavy atom. The van der Waals surface area contributed by atoms with Gasteiger partial charge in [-0.25, -0.2) is 0 Å². The van der Waals surface area contributed by atoms with Crippen molar-refractivity contribution in [3.8, 4) is 0 Å². The van der Waals surface area contributed by atoms with Crippen molar-refractivity contribution in [2.75, 3.05) is 0 Å². The van der Waals surface area contributed by atoms with Crippen molar-refractivity contribution in [3.63, 3.8) is 0 Å². The third kappa shape index (κ3) is 5.85. The minimum absolute atomic E-state index is 0.150. The van der Waals surface area contributed by atoms with E-state index in [1.807, 2.05) is 0 Å². The fourth-order valence-electron chi connectivity index (χ4n) is 2.27. The molecule has 0 amide bonds. The Hall–Kier alpha value is -0.860. The van der Waals surface area contributed by atoms with E-state index in [1.165, 1.54) is 44.9 Å². The van der Waals surface area contributed by atoms with Crippen molar-refractivity contribution in [1.29, 1.82) is 0 Å². The molecule has 0 bridgehead atoms. The summed E-state index contributed by atoms with van der Waals surface area (Å²) in [6.07, 6.45) is 11.2. The molecule has 0 aromatic rings. The van der Waals surface area contributed by atoms with Gasteiger partial charge in [0.05, 0.1) is 12.3 Å². The summed E-state index contributed by atoms with van der Waals surface area (Å²) in [5.41, 5.74) is 0. The van der Waals surface area contributed by atoms with Gasteiger partial charge in [-0.05, 0) is 6.42 Å². The number of esters is 2. The first kappa shape index (κ1) is 14.2. The van der Waals surface area contributed by atoms with Crippen LogP contribution in [-0.2, 0) is 14.3 Å². The van der Waals surface area contributed by atoms with Gasteiger partial charge in [-0.2, -0.15) is 0 Å². The number of cyclic esters (lactones) is 2. The summed E-state index contributed by atoms with van der Waals surface area (Å²) in [5.74, 6) is -0.805. The molecule has 1 fully saturated rings. The summed E-state index contributed by atoms with van der Waals surface area (Å²) < 4.78 is 4.52. The molecule has 1 aliphatic heterocycles. The predicted octanol–water partition coefficient (Wildman–Crippen LogP) is 3.61. The maximum Gasteiger partial charge on any atom is 0.317 e. The highest BCUT2D eigenvalue weighted by molar-refractivity contribution is 5.94. The van der Waals surface area contributed by atoms with Crippen molar-refractivity contribution in [2.24, 2.45) is 5.92 Å². The number of rotatable bonds is 9. The molecule has 1 atom stereocenters. The minimum Gasteiger partial charge on any atom is -0.393 e. The molecule has 0 spiro atoms. The molecule has 0 radical (unpaired) electrons. The van der Waals surface area contributed by atoms with Crippen LogP contribution in [0.3, 0.4) is 0 Å². The third-order valence-corrected chi connectivity index (χ3v) is 3.37. The van der Waals surface area contributed by atoms with Crippen molar-refractivity contribution in [2.45, 2.75) is 71.1 Å². The second kappa shape index (κ2) is 8.26. The number of unbranched alkanes of at least 4 members (excludes halogenated alkanes) is 7. The number of hydrogen-bond acceptors (Lipinski definition) is 3. The van der Waals surface area contributed by atoms with E-state index in [9.17, 15) is 9.59 Å². The molecule has 3 nitrogen and oxygen atoms in total. The van der Waals surface area contributed by atoms with Crippen LogP contribution in [-0.4, -0.2) is 11.9 Å². The summed E-state index contributed by atoms with van der Waals surface area (Å²) in [4.78, 5) is 22.0. The minimum atomic E-state index is -0.348. The zero-order valence-corrected chi connectivity index (χ0v) is 10.9. The number of carbonyl (C=O) groups excluding carboxylic acids is 2. The Morgan fingerprint density at radius 3 is 2.12 bits per heavy atom. The van der Waals surface area contributed by atoms with Gasteiger partial charge >= 0.3 is 11.9 Å². The lowest BCUT2D eigenvalue weighted by molar-refractivity contribution is -0.153. The molecule has 0 N–H and O–H groups in total. The topological polar surface area (TPSA) is 43.4 Å². The Kier molecular flexibility index (Phi) is 6.90. The molecule has 0 aromatic heterocycles. The van der Waals surface area contributed by atoms with Gasteiger partial charge in [0, 0.05) is 0 Å². The smallest absolute Gasteiger partial charge is 0.317 e. The van der Waals surface area contributed by atoms with Crippen LogP contribution in [0.2, 0.25) is 0 Å². The predicted molar refractivity (Wildman–Crippen MR) is 66.4 cm³/mol. The molecule has 1 saturated heterocycles. The van der Waals surface area contributed by atoms with Crippen LogP contribution >= 0.6 is 0 Å². The maximum absolute atomic E-state index is 11.2. The van der Waals surface area contributed by atoms with Gasteiger partial charge in [-0.15, -0.1) is 0 Å². The first-order valence-corrected chi connectivity index (χ1v) is 6.98. The van der Waals surface area contributed by atoms with Crippen LogP contribution in [0, 0.1) is 5.92 Å². The fourth-order valence-corrected chi connectivity index (χ4v) is 2.27. The zero-order chi connectivity index (χ0) is 12.5. The van der Waals surface area contributed by atoms with Crippen LogP contribution in [0.25, 0.3) is 0 Å². The average molecular weight is 240 g/mol. The van der Waals surface area contributed by atoms with E-state index >= 15 is 0 Å². The average Bonchev–Trinajstić information content (AvgIpc) is 2.61. The van der Waals surface area contributed by atoms with Crippen LogP contribution in [0.1, 0.15) is 71.1 Å². The lowest BCUT2D eigenvalue weighted by atomic mass is 9.99. The Balaban J connectivity index is 1.91. The first-order valence-electron chi connectivity index (χ1n) is 6.98. The quantitative estimate of drug-likeness (QED) is 0.351. The van der Waals surface area contributed by atoms with E-state index in [0.717, 1.165) is 12.8 Å². The maximum atomic E-state index is 11.2. The van der Waals surface area contributed by atoms with Crippen LogP contribution in [0.5, 0.6) is 0 Å². The summed E-state index contributed by atoms with van der Waals surface area (Å²) in [6, 6.07) is 0. The highest BCUT2D eigenvalue weighted by Crippen LogP contribution is 2.22. The Bertz CT molecular complexity index is 248. The van der Waals surface area contributed by atoms with Gasteiger partial charge in [-0.1, -0.05) is 58.3 Å². The molecule has 0 unspecified atom stereocenters. The molecule has 1 aliphatic rings. The van der Waals surface area contributed by atoms with Crippen LogP contribution < -0.4 is 0 Å². The molecule has 1 rings (SSSR count). The zero-order valence-electron chi connectivity index (χ0n) is 10.9. The molecule has 1 heterocycles. The summed E-state index contributed by atoms with van der Waals surface area (Å²) in [5, 5.41) is 0. The third-order valence-electron chi connectivity index (χ3n) is 3.37. The molecular weight excluding hydrogens is 216 g/mol. The van der Waals surface area contributed by atoms with Crippen molar-refractivity contribution >= 4 is 11.9 Å². The standard InChI is InChI=1S/C14H24O3/c1-2-3-4-5-6-7-8-9-10-12-11-13(15)17-14(12)16/h12H,2-11H2,1H3/t12-/m1/s1. The summed E-state index contributed by atoms with van der Waals surface area (Å²) in [7, 11) is 0. The molecule has 3 heteroatoms. The first-order chi connectivity index (χ1) is 8.24. The summed E-state index contributed by atoms with van der Waals surface area (Å²) in [6.45, 7) is 2.22. The van der Waals surface area contributed by atoms with Crippen molar-refractivity contribution in [1.82, 2.24) is 0 Å². The molecule has 0 aliphatic carbocycles. The van der Waals surface area contributed by atoms with Gasteiger partial charge in [0.1, 0.15) is 0 Å². The largest absolute Gasteiger partial charge is 0.393 e. The van der Waals surface area contributed by atoms with Crippen LogP contribution in [0.15, 0.2) is 0 Å². The summed E-state index contributed by atoms with van der Waals surface area (Å²) >= 11 is 0. The Labute approximate surface area is 104 Å². The second-order valence-corrected chi connectivity index (χ2v) is 4.96. The fraction of sp³-hybridized carbons (Fsp3) is 0.857. The molecular formula is C14H24O3. The van der Waals surface area contributed by atoms with E-state index < -0.39 is 0 Å². The van der Waals surface area contributed by atoms with E-state index in [-0.39, 0.29) is 17.9 Å². The van der Waals surface area contributed by atoms with E-state index in [0.29, 0.717) is 6.42 Å². The number of carbonyl (C=O) groups is 2. The highest BCUT2D eigenvalue weighted by Gasteiger charge is 2.32. The monoisotopic (exact) mass is 240 g/mol. The molecule has 17 heavy (non-hydrogen) atoms. The van der Waals surface area contributed by atoms with E-state index in [1.54, 1.807) is 0 Å². The Morgan fingerprint density at radius 1 is 1.00 bits per heavy atom. The lowest BCUT2D eigenvalue weighted by Gasteiger charge is -2.04.